The third kappa shape index (κ3) is 7.89. The largest absolute Gasteiger partial charge is 0.497 e. The van der Waals surface area contributed by atoms with E-state index in [9.17, 15) is 20.3 Å². The van der Waals surface area contributed by atoms with Crippen LogP contribution >= 0.6 is 0 Å². The number of hydrogen-bond donors (Lipinski definition) is 2. The first-order valence-electron chi connectivity index (χ1n) is 13.1. The summed E-state index contributed by atoms with van der Waals surface area (Å²) in [4.78, 5) is 13.4. The number of nitro groups is 1. The molecule has 8 heteroatoms. The van der Waals surface area contributed by atoms with E-state index in [-0.39, 0.29) is 37.2 Å². The van der Waals surface area contributed by atoms with Crippen LogP contribution in [0.1, 0.15) is 28.4 Å². The maximum atomic E-state index is 11.9. The second kappa shape index (κ2) is 14.2. The maximum Gasteiger partial charge on any atom is 0.311 e. The average molecular weight is 543 g/mol. The molecule has 0 heterocycles. The Morgan fingerprint density at radius 1 is 0.875 bits per heavy atom. The third-order valence-electron chi connectivity index (χ3n) is 6.80. The van der Waals surface area contributed by atoms with Gasteiger partial charge in [0.25, 0.3) is 0 Å². The van der Waals surface area contributed by atoms with Crippen molar-refractivity contribution < 1.29 is 24.6 Å². The molecule has 0 fully saturated rings. The summed E-state index contributed by atoms with van der Waals surface area (Å²) in [5, 5.41) is 33.5. The minimum Gasteiger partial charge on any atom is -0.497 e. The van der Waals surface area contributed by atoms with E-state index in [4.69, 9.17) is 9.47 Å². The molecule has 208 valence electrons. The van der Waals surface area contributed by atoms with E-state index < -0.39 is 11.0 Å². The lowest BCUT2D eigenvalue weighted by molar-refractivity contribution is -0.386. The Bertz CT molecular complexity index is 1350. The standard InChI is InChI=1S/C32H34N2O6/c1-39-29-15-12-24(13-16-29)18-28(22-35)33(20-25-8-4-2-5-9-25)21-31(36)27-14-17-32(30(19-27)34(37)38)40-23-26-10-6-3-7-11-26/h2-17,19,28,31,35-36H,18,20-23H2,1H3/t28-,31-/m0/s1. The monoisotopic (exact) mass is 542 g/mol. The van der Waals surface area contributed by atoms with Crippen LogP contribution in [0.2, 0.25) is 0 Å². The molecule has 0 spiro atoms. The lowest BCUT2D eigenvalue weighted by atomic mass is 10.0. The Labute approximate surface area is 234 Å². The van der Waals surface area contributed by atoms with E-state index >= 15 is 0 Å². The van der Waals surface area contributed by atoms with Crippen LogP contribution < -0.4 is 9.47 Å². The summed E-state index contributed by atoms with van der Waals surface area (Å²) in [5.74, 6) is 0.886. The molecular formula is C32H34N2O6. The van der Waals surface area contributed by atoms with Crippen LogP contribution in [0.25, 0.3) is 0 Å². The first-order valence-corrected chi connectivity index (χ1v) is 13.1. The number of aliphatic hydroxyl groups excluding tert-OH is 2. The number of nitrogens with zero attached hydrogens (tertiary/aromatic N) is 2. The van der Waals surface area contributed by atoms with Crippen LogP contribution in [0.5, 0.6) is 11.5 Å². The highest BCUT2D eigenvalue weighted by atomic mass is 16.6. The van der Waals surface area contributed by atoms with Gasteiger partial charge in [-0.25, -0.2) is 0 Å². The van der Waals surface area contributed by atoms with Gasteiger partial charge in [-0.05, 0) is 46.9 Å². The van der Waals surface area contributed by atoms with Crippen LogP contribution in [-0.2, 0) is 19.6 Å². The van der Waals surface area contributed by atoms with Crippen molar-refractivity contribution in [2.75, 3.05) is 20.3 Å². The van der Waals surface area contributed by atoms with Crippen molar-refractivity contribution >= 4 is 5.69 Å². The number of methoxy groups -OCH3 is 1. The molecule has 0 radical (unpaired) electrons. The lowest BCUT2D eigenvalue weighted by Crippen LogP contribution is -2.41. The molecule has 0 saturated heterocycles. The van der Waals surface area contributed by atoms with Crippen molar-refractivity contribution in [2.24, 2.45) is 0 Å². The Morgan fingerprint density at radius 3 is 2.12 bits per heavy atom. The Balaban J connectivity index is 1.54. The predicted molar refractivity (Wildman–Crippen MR) is 153 cm³/mol. The lowest BCUT2D eigenvalue weighted by Gasteiger charge is -2.32. The molecule has 4 aromatic rings. The number of rotatable bonds is 14. The quantitative estimate of drug-likeness (QED) is 0.164. The highest BCUT2D eigenvalue weighted by molar-refractivity contribution is 5.49. The summed E-state index contributed by atoms with van der Waals surface area (Å²) >= 11 is 0. The summed E-state index contributed by atoms with van der Waals surface area (Å²) in [6, 6.07) is 31.1. The molecular weight excluding hydrogens is 508 g/mol. The molecule has 0 aliphatic rings. The van der Waals surface area contributed by atoms with Gasteiger partial charge in [0.1, 0.15) is 12.4 Å². The summed E-state index contributed by atoms with van der Waals surface area (Å²) < 4.78 is 11.0. The van der Waals surface area contributed by atoms with Crippen molar-refractivity contribution in [3.05, 3.63) is 135 Å². The van der Waals surface area contributed by atoms with Gasteiger partial charge in [0.15, 0.2) is 5.75 Å². The second-order valence-corrected chi connectivity index (χ2v) is 9.58. The highest BCUT2D eigenvalue weighted by Gasteiger charge is 2.25. The van der Waals surface area contributed by atoms with Gasteiger partial charge >= 0.3 is 5.69 Å². The van der Waals surface area contributed by atoms with Crippen LogP contribution in [0, 0.1) is 10.1 Å². The topological polar surface area (TPSA) is 105 Å². The maximum absolute atomic E-state index is 11.9. The summed E-state index contributed by atoms with van der Waals surface area (Å²) in [7, 11) is 1.61. The molecule has 0 aromatic heterocycles. The number of nitro benzene ring substituents is 1. The van der Waals surface area contributed by atoms with Gasteiger partial charge in [-0.1, -0.05) is 78.9 Å². The molecule has 0 aliphatic carbocycles. The number of hydrogen-bond acceptors (Lipinski definition) is 7. The predicted octanol–water partition coefficient (Wildman–Crippen LogP) is 5.32. The Kier molecular flexibility index (Phi) is 10.2. The molecule has 0 saturated carbocycles. The highest BCUT2D eigenvalue weighted by Crippen LogP contribution is 2.32. The number of benzene rings is 4. The number of aliphatic hydroxyl groups is 2. The van der Waals surface area contributed by atoms with Gasteiger partial charge in [0.2, 0.25) is 0 Å². The van der Waals surface area contributed by atoms with E-state index in [0.717, 1.165) is 22.4 Å². The summed E-state index contributed by atoms with van der Waals surface area (Å²) in [6.07, 6.45) is -0.484. The zero-order valence-corrected chi connectivity index (χ0v) is 22.4. The molecule has 0 aliphatic heterocycles. The van der Waals surface area contributed by atoms with Crippen LogP contribution in [0.15, 0.2) is 103 Å². The van der Waals surface area contributed by atoms with Gasteiger partial charge in [-0.3, -0.25) is 15.0 Å². The molecule has 0 unspecified atom stereocenters. The first kappa shape index (κ1) is 28.8. The SMILES string of the molecule is COc1ccc(C[C@@H](CO)N(Cc2ccccc2)C[C@H](O)c2ccc(OCc3ccccc3)c([N+](=O)[O-])c2)cc1. The molecule has 4 rings (SSSR count). The van der Waals surface area contributed by atoms with E-state index in [1.54, 1.807) is 13.2 Å². The molecule has 8 nitrogen and oxygen atoms in total. The molecule has 0 amide bonds. The fourth-order valence-corrected chi connectivity index (χ4v) is 4.57. The molecule has 2 atom stereocenters. The molecule has 2 N–H and O–H groups in total. The van der Waals surface area contributed by atoms with E-state index in [0.29, 0.717) is 18.5 Å². The smallest absolute Gasteiger partial charge is 0.311 e. The van der Waals surface area contributed by atoms with E-state index in [2.05, 4.69) is 0 Å². The zero-order chi connectivity index (χ0) is 28.3. The fourth-order valence-electron chi connectivity index (χ4n) is 4.57. The summed E-state index contributed by atoms with van der Waals surface area (Å²) in [6.45, 7) is 0.716. The van der Waals surface area contributed by atoms with Gasteiger partial charge in [0.05, 0.1) is 24.7 Å². The second-order valence-electron chi connectivity index (χ2n) is 9.58. The molecule has 40 heavy (non-hydrogen) atoms. The summed E-state index contributed by atoms with van der Waals surface area (Å²) in [5.41, 5.74) is 3.13. The third-order valence-corrected chi connectivity index (χ3v) is 6.80. The fraction of sp³-hybridized carbons (Fsp3) is 0.250. The normalized spacial score (nSPS) is 12.6. The van der Waals surface area contributed by atoms with Crippen LogP contribution in [0.4, 0.5) is 5.69 Å². The van der Waals surface area contributed by atoms with E-state index in [1.165, 1.54) is 12.1 Å². The van der Waals surface area contributed by atoms with Gasteiger partial charge in [-0.15, -0.1) is 0 Å². The van der Waals surface area contributed by atoms with Crippen LogP contribution in [-0.4, -0.2) is 46.3 Å². The van der Waals surface area contributed by atoms with Gasteiger partial charge in [-0.2, -0.15) is 0 Å². The van der Waals surface area contributed by atoms with Crippen molar-refractivity contribution in [3.63, 3.8) is 0 Å². The first-order chi connectivity index (χ1) is 19.5. The number of ether oxygens (including phenoxy) is 2. The zero-order valence-electron chi connectivity index (χ0n) is 22.4. The molecule has 4 aromatic carbocycles. The van der Waals surface area contributed by atoms with Gasteiger partial charge < -0.3 is 19.7 Å². The van der Waals surface area contributed by atoms with Crippen molar-refractivity contribution in [2.45, 2.75) is 31.7 Å². The van der Waals surface area contributed by atoms with Crippen molar-refractivity contribution in [3.8, 4) is 11.5 Å². The average Bonchev–Trinajstić information content (AvgIpc) is 2.99. The molecule has 0 bridgehead atoms. The Morgan fingerprint density at radius 2 is 1.52 bits per heavy atom. The van der Waals surface area contributed by atoms with Gasteiger partial charge in [0, 0.05) is 25.2 Å². The minimum atomic E-state index is -1.03. The van der Waals surface area contributed by atoms with Crippen molar-refractivity contribution in [1.82, 2.24) is 4.90 Å². The minimum absolute atomic E-state index is 0.127. The van der Waals surface area contributed by atoms with Crippen LogP contribution in [0.3, 0.4) is 0 Å². The van der Waals surface area contributed by atoms with E-state index in [1.807, 2.05) is 89.8 Å². The van der Waals surface area contributed by atoms with Crippen molar-refractivity contribution in [1.29, 1.82) is 0 Å². The Hall–Kier alpha value is -4.24.